The molecule has 0 bridgehead atoms. The van der Waals surface area contributed by atoms with Gasteiger partial charge in [0, 0.05) is 12.1 Å². The molecule has 3 aromatic carbocycles. The van der Waals surface area contributed by atoms with Crippen LogP contribution in [0.4, 0.5) is 18.9 Å². The minimum Gasteiger partial charge on any atom is -0.375 e. The van der Waals surface area contributed by atoms with E-state index in [1.807, 2.05) is 0 Å². The van der Waals surface area contributed by atoms with E-state index < -0.39 is 28.8 Å². The molecule has 0 aliphatic carbocycles. The number of nitrogens with one attached hydrogen (secondary N) is 1. The van der Waals surface area contributed by atoms with Gasteiger partial charge in [0.2, 0.25) is 0 Å². The van der Waals surface area contributed by atoms with E-state index in [0.29, 0.717) is 17.2 Å². The van der Waals surface area contributed by atoms with Crippen molar-refractivity contribution >= 4 is 11.6 Å². The molecule has 7 heteroatoms. The number of halogens is 3. The highest BCUT2D eigenvalue weighted by atomic mass is 19.4. The van der Waals surface area contributed by atoms with Crippen molar-refractivity contribution in [2.75, 3.05) is 5.32 Å². The first kappa shape index (κ1) is 21.1. The zero-order valence-electron chi connectivity index (χ0n) is 15.6. The fourth-order valence-corrected chi connectivity index (χ4v) is 3.11. The molecule has 0 spiro atoms. The molecular formula is C23H17F3N2O2. The van der Waals surface area contributed by atoms with Crippen molar-refractivity contribution in [3.63, 3.8) is 0 Å². The molecule has 3 aromatic rings. The van der Waals surface area contributed by atoms with E-state index in [0.717, 1.165) is 6.07 Å². The normalized spacial score (nSPS) is 13.2. The highest BCUT2D eigenvalue weighted by Gasteiger charge is 2.39. The summed E-state index contributed by atoms with van der Waals surface area (Å²) in [6, 6.07) is 21.3. The van der Waals surface area contributed by atoms with Crippen molar-refractivity contribution in [3.8, 4) is 6.07 Å². The SMILES string of the molecule is N#Cc1ccc(NC(=O)C(O)(Cc2ccccc2)c2ccccc2)cc1C(F)(F)F. The van der Waals surface area contributed by atoms with Crippen molar-refractivity contribution in [1.82, 2.24) is 0 Å². The van der Waals surface area contributed by atoms with Crippen LogP contribution in [0.25, 0.3) is 0 Å². The van der Waals surface area contributed by atoms with Gasteiger partial charge < -0.3 is 10.4 Å². The van der Waals surface area contributed by atoms with E-state index >= 15 is 0 Å². The van der Waals surface area contributed by atoms with Crippen molar-refractivity contribution in [3.05, 3.63) is 101 Å². The van der Waals surface area contributed by atoms with Gasteiger partial charge in [-0.25, -0.2) is 0 Å². The molecule has 0 fully saturated rings. The van der Waals surface area contributed by atoms with Crippen LogP contribution in [0.2, 0.25) is 0 Å². The number of hydrogen-bond acceptors (Lipinski definition) is 3. The third-order valence-electron chi connectivity index (χ3n) is 4.63. The van der Waals surface area contributed by atoms with Gasteiger partial charge in [0.05, 0.1) is 17.2 Å². The molecule has 0 aromatic heterocycles. The molecule has 0 aliphatic heterocycles. The van der Waals surface area contributed by atoms with Crippen LogP contribution in [-0.2, 0) is 23.0 Å². The summed E-state index contributed by atoms with van der Waals surface area (Å²) in [7, 11) is 0. The van der Waals surface area contributed by atoms with Crippen LogP contribution in [0, 0.1) is 11.3 Å². The summed E-state index contributed by atoms with van der Waals surface area (Å²) >= 11 is 0. The first-order valence-electron chi connectivity index (χ1n) is 8.98. The van der Waals surface area contributed by atoms with Crippen LogP contribution < -0.4 is 5.32 Å². The maximum absolute atomic E-state index is 13.2. The van der Waals surface area contributed by atoms with Crippen LogP contribution in [-0.4, -0.2) is 11.0 Å². The maximum atomic E-state index is 13.2. The number of nitriles is 1. The van der Waals surface area contributed by atoms with Gasteiger partial charge in [-0.3, -0.25) is 4.79 Å². The third kappa shape index (κ3) is 4.50. The van der Waals surface area contributed by atoms with Crippen molar-refractivity contribution in [2.24, 2.45) is 0 Å². The second-order valence-electron chi connectivity index (χ2n) is 6.71. The lowest BCUT2D eigenvalue weighted by Gasteiger charge is -2.28. The molecule has 30 heavy (non-hydrogen) atoms. The van der Waals surface area contributed by atoms with Gasteiger partial charge in [-0.2, -0.15) is 18.4 Å². The Balaban J connectivity index is 1.98. The number of anilines is 1. The number of carbonyl (C=O) groups excluding carboxylic acids is 1. The van der Waals surface area contributed by atoms with Crippen molar-refractivity contribution < 1.29 is 23.1 Å². The number of hydrogen-bond donors (Lipinski definition) is 2. The van der Waals surface area contributed by atoms with Gasteiger partial charge in [0.25, 0.3) is 5.91 Å². The lowest BCUT2D eigenvalue weighted by molar-refractivity contribution is -0.138. The number of alkyl halides is 3. The Bertz CT molecular complexity index is 1080. The summed E-state index contributed by atoms with van der Waals surface area (Å²) in [5, 5.41) is 22.6. The third-order valence-corrected chi connectivity index (χ3v) is 4.63. The topological polar surface area (TPSA) is 73.1 Å². The van der Waals surface area contributed by atoms with Gasteiger partial charge in [-0.15, -0.1) is 0 Å². The first-order valence-corrected chi connectivity index (χ1v) is 8.98. The van der Waals surface area contributed by atoms with Crippen LogP contribution >= 0.6 is 0 Å². The average molecular weight is 410 g/mol. The van der Waals surface area contributed by atoms with E-state index in [9.17, 15) is 23.1 Å². The Morgan fingerprint density at radius 1 is 0.967 bits per heavy atom. The van der Waals surface area contributed by atoms with Gasteiger partial charge in [-0.05, 0) is 29.3 Å². The Morgan fingerprint density at radius 3 is 2.13 bits per heavy atom. The summed E-state index contributed by atoms with van der Waals surface area (Å²) in [6.07, 6.45) is -4.84. The van der Waals surface area contributed by atoms with E-state index in [1.165, 1.54) is 12.1 Å². The predicted molar refractivity (Wildman–Crippen MR) is 105 cm³/mol. The highest BCUT2D eigenvalue weighted by Crippen LogP contribution is 2.34. The minimum atomic E-state index is -4.76. The molecule has 152 valence electrons. The average Bonchev–Trinajstić information content (AvgIpc) is 2.74. The standard InChI is InChI=1S/C23H17F3N2O2/c24-23(25,26)20-13-19(12-11-17(20)15-27)28-21(29)22(30,18-9-5-2-6-10-18)14-16-7-3-1-4-8-16/h1-13,30H,14H2,(H,28,29). The predicted octanol–water partition coefficient (Wildman–Crippen LogP) is 4.65. The van der Waals surface area contributed by atoms with Crippen LogP contribution in [0.15, 0.2) is 78.9 Å². The lowest BCUT2D eigenvalue weighted by atomic mass is 9.86. The second kappa shape index (κ2) is 8.39. The van der Waals surface area contributed by atoms with Gasteiger partial charge in [0.1, 0.15) is 0 Å². The fourth-order valence-electron chi connectivity index (χ4n) is 3.11. The maximum Gasteiger partial charge on any atom is 0.417 e. The minimum absolute atomic E-state index is 0.0773. The summed E-state index contributed by atoms with van der Waals surface area (Å²) in [5.74, 6) is -0.879. The van der Waals surface area contributed by atoms with Gasteiger partial charge >= 0.3 is 6.18 Å². The van der Waals surface area contributed by atoms with Gasteiger partial charge in [0.15, 0.2) is 5.60 Å². The summed E-state index contributed by atoms with van der Waals surface area (Å²) in [5.41, 5.74) is -2.92. The molecule has 4 nitrogen and oxygen atoms in total. The first-order chi connectivity index (χ1) is 14.2. The molecule has 1 unspecified atom stereocenters. The number of aliphatic hydroxyl groups is 1. The van der Waals surface area contributed by atoms with E-state index in [-0.39, 0.29) is 12.1 Å². The fraction of sp³-hybridized carbons (Fsp3) is 0.130. The molecule has 2 N–H and O–H groups in total. The van der Waals surface area contributed by atoms with E-state index in [2.05, 4.69) is 5.32 Å². The van der Waals surface area contributed by atoms with Crippen LogP contribution in [0.3, 0.4) is 0 Å². The Hall–Kier alpha value is -3.63. The smallest absolute Gasteiger partial charge is 0.375 e. The zero-order chi connectivity index (χ0) is 21.8. The van der Waals surface area contributed by atoms with Crippen molar-refractivity contribution in [2.45, 2.75) is 18.2 Å². The van der Waals surface area contributed by atoms with Crippen molar-refractivity contribution in [1.29, 1.82) is 5.26 Å². The molecule has 1 amide bonds. The number of rotatable bonds is 5. The van der Waals surface area contributed by atoms with E-state index in [1.54, 1.807) is 60.7 Å². The molecule has 1 atom stereocenters. The quantitative estimate of drug-likeness (QED) is 0.643. The number of amides is 1. The second-order valence-corrected chi connectivity index (χ2v) is 6.71. The molecule has 0 aliphatic rings. The largest absolute Gasteiger partial charge is 0.417 e. The zero-order valence-corrected chi connectivity index (χ0v) is 15.6. The Labute approximate surface area is 171 Å². The van der Waals surface area contributed by atoms with Crippen LogP contribution in [0.1, 0.15) is 22.3 Å². The Morgan fingerprint density at radius 2 is 1.57 bits per heavy atom. The molecule has 0 saturated heterocycles. The number of nitrogens with zero attached hydrogens (tertiary/aromatic N) is 1. The van der Waals surface area contributed by atoms with Crippen LogP contribution in [0.5, 0.6) is 0 Å². The summed E-state index contributed by atoms with van der Waals surface area (Å²) in [6.45, 7) is 0. The lowest BCUT2D eigenvalue weighted by Crippen LogP contribution is -2.42. The Kier molecular flexibility index (Phi) is 5.90. The molecule has 0 radical (unpaired) electrons. The summed E-state index contributed by atoms with van der Waals surface area (Å²) in [4.78, 5) is 13.0. The molecular weight excluding hydrogens is 393 g/mol. The van der Waals surface area contributed by atoms with Gasteiger partial charge in [-0.1, -0.05) is 60.7 Å². The summed E-state index contributed by atoms with van der Waals surface area (Å²) < 4.78 is 39.7. The number of benzene rings is 3. The monoisotopic (exact) mass is 410 g/mol. The molecule has 0 heterocycles. The molecule has 3 rings (SSSR count). The highest BCUT2D eigenvalue weighted by molar-refractivity contribution is 5.98. The van der Waals surface area contributed by atoms with E-state index in [4.69, 9.17) is 5.26 Å². The number of carbonyl (C=O) groups is 1. The molecule has 0 saturated carbocycles.